The fourth-order valence-electron chi connectivity index (χ4n) is 3.64. The first-order valence-corrected chi connectivity index (χ1v) is 15.5. The number of esters is 2. The molecule has 1 saturated heterocycles. The zero-order chi connectivity index (χ0) is 24.5. The van der Waals surface area contributed by atoms with Gasteiger partial charge < -0.3 is 18.6 Å². The summed E-state index contributed by atoms with van der Waals surface area (Å²) in [5.41, 5.74) is -0.899. The summed E-state index contributed by atoms with van der Waals surface area (Å²) in [4.78, 5) is 25.1. The van der Waals surface area contributed by atoms with Crippen molar-refractivity contribution in [2.45, 2.75) is 89.5 Å². The molecule has 11 heteroatoms. The number of rotatable bonds is 9. The van der Waals surface area contributed by atoms with Crippen LogP contribution in [0.1, 0.15) is 47.5 Å². The molecule has 0 aromatic heterocycles. The van der Waals surface area contributed by atoms with E-state index in [1.54, 1.807) is 19.9 Å². The molecule has 0 amide bonds. The summed E-state index contributed by atoms with van der Waals surface area (Å²) in [6.07, 6.45) is -0.0343. The standard InChI is InChI=1S/C21H36O9SSi/c1-9-26-16(22)13-21(19(23)27-10-2)12-14-11-15(29-31(6,24)25)18(17(14)28-21)30-32(7,8)20(3,4)5/h11,15,17-18H,9-10,12-13H2,1-8H3/t15?,17-,18+,21+/m1/s1. The molecule has 2 aliphatic rings. The first-order valence-electron chi connectivity index (χ1n) is 10.8. The molecule has 1 heterocycles. The predicted octanol–water partition coefficient (Wildman–Crippen LogP) is 2.71. The topological polar surface area (TPSA) is 114 Å². The number of hydrogen-bond donors (Lipinski definition) is 0. The Labute approximate surface area is 192 Å². The number of carbonyl (C=O) groups excluding carboxylic acids is 2. The lowest BCUT2D eigenvalue weighted by atomic mass is 9.93. The highest BCUT2D eigenvalue weighted by Gasteiger charge is 2.59. The van der Waals surface area contributed by atoms with Crippen LogP contribution < -0.4 is 0 Å². The van der Waals surface area contributed by atoms with E-state index in [2.05, 4.69) is 20.8 Å². The second kappa shape index (κ2) is 9.53. The maximum Gasteiger partial charge on any atom is 0.339 e. The zero-order valence-electron chi connectivity index (χ0n) is 20.2. The van der Waals surface area contributed by atoms with Crippen molar-refractivity contribution >= 4 is 30.4 Å². The Morgan fingerprint density at radius 1 is 1.19 bits per heavy atom. The summed E-state index contributed by atoms with van der Waals surface area (Å²) in [5.74, 6) is -1.23. The summed E-state index contributed by atoms with van der Waals surface area (Å²) in [6.45, 7) is 13.9. The van der Waals surface area contributed by atoms with E-state index in [9.17, 15) is 18.0 Å². The zero-order valence-corrected chi connectivity index (χ0v) is 22.0. The molecule has 0 N–H and O–H groups in total. The van der Waals surface area contributed by atoms with E-state index in [4.69, 9.17) is 22.8 Å². The average Bonchev–Trinajstić information content (AvgIpc) is 3.09. The van der Waals surface area contributed by atoms with Crippen LogP contribution in [0.25, 0.3) is 0 Å². The van der Waals surface area contributed by atoms with Crippen LogP contribution in [-0.2, 0) is 42.5 Å². The highest BCUT2D eigenvalue weighted by Crippen LogP contribution is 2.48. The molecule has 1 aliphatic carbocycles. The number of carbonyl (C=O) groups is 2. The quantitative estimate of drug-likeness (QED) is 0.207. The van der Waals surface area contributed by atoms with E-state index in [1.165, 1.54) is 0 Å². The van der Waals surface area contributed by atoms with Crippen molar-refractivity contribution in [2.24, 2.45) is 0 Å². The smallest absolute Gasteiger partial charge is 0.339 e. The Morgan fingerprint density at radius 3 is 2.28 bits per heavy atom. The molecule has 1 fully saturated rings. The third kappa shape index (κ3) is 5.99. The van der Waals surface area contributed by atoms with Crippen molar-refractivity contribution in [1.82, 2.24) is 0 Å². The van der Waals surface area contributed by atoms with Gasteiger partial charge in [0, 0.05) is 6.42 Å². The van der Waals surface area contributed by atoms with Crippen LogP contribution in [0.15, 0.2) is 11.6 Å². The Morgan fingerprint density at radius 2 is 1.78 bits per heavy atom. The number of fused-ring (bicyclic) bond motifs is 1. The van der Waals surface area contributed by atoms with Crippen LogP contribution in [0.3, 0.4) is 0 Å². The van der Waals surface area contributed by atoms with Gasteiger partial charge in [-0.05, 0) is 43.6 Å². The third-order valence-electron chi connectivity index (χ3n) is 6.11. The molecule has 184 valence electrons. The van der Waals surface area contributed by atoms with E-state index in [-0.39, 0.29) is 31.1 Å². The van der Waals surface area contributed by atoms with Crippen LogP contribution >= 0.6 is 0 Å². The molecular weight excluding hydrogens is 456 g/mol. The van der Waals surface area contributed by atoms with E-state index in [1.807, 2.05) is 13.1 Å². The second-order valence-corrected chi connectivity index (χ2v) is 16.1. The second-order valence-electron chi connectivity index (χ2n) is 9.76. The normalized spacial score (nSPS) is 28.2. The summed E-state index contributed by atoms with van der Waals surface area (Å²) >= 11 is 0. The lowest BCUT2D eigenvalue weighted by Gasteiger charge is -2.41. The fourth-order valence-corrected chi connectivity index (χ4v) is 5.50. The molecule has 4 atom stereocenters. The van der Waals surface area contributed by atoms with E-state index in [0.717, 1.165) is 6.26 Å². The van der Waals surface area contributed by atoms with Gasteiger partial charge in [0.25, 0.3) is 10.1 Å². The molecule has 0 aromatic rings. The lowest BCUT2D eigenvalue weighted by molar-refractivity contribution is -0.181. The monoisotopic (exact) mass is 492 g/mol. The van der Waals surface area contributed by atoms with Crippen molar-refractivity contribution in [3.8, 4) is 0 Å². The Hall–Kier alpha value is -1.27. The minimum Gasteiger partial charge on any atom is -0.466 e. The van der Waals surface area contributed by atoms with Crippen LogP contribution in [0.4, 0.5) is 0 Å². The molecule has 0 radical (unpaired) electrons. The van der Waals surface area contributed by atoms with Gasteiger partial charge in [-0.1, -0.05) is 20.8 Å². The fraction of sp³-hybridized carbons (Fsp3) is 0.810. The Kier molecular flexibility index (Phi) is 8.04. The van der Waals surface area contributed by atoms with Crippen molar-refractivity contribution < 1.29 is 40.8 Å². The lowest BCUT2D eigenvalue weighted by Crippen LogP contribution is -2.51. The summed E-state index contributed by atoms with van der Waals surface area (Å²) in [5, 5.41) is -0.160. The van der Waals surface area contributed by atoms with Gasteiger partial charge >= 0.3 is 11.9 Å². The van der Waals surface area contributed by atoms with Gasteiger partial charge in [-0.15, -0.1) is 0 Å². The molecule has 0 saturated carbocycles. The SMILES string of the molecule is CCOC(=O)C[C@]1(C(=O)OCC)CC2=CC(OS(C)(=O)=O)[C@H](O[Si](C)(C)C(C)(C)C)[C@@H]2O1. The van der Waals surface area contributed by atoms with Gasteiger partial charge in [0.2, 0.25) is 0 Å². The summed E-state index contributed by atoms with van der Waals surface area (Å²) in [6, 6.07) is 0. The molecule has 0 aromatic carbocycles. The van der Waals surface area contributed by atoms with E-state index in [0.29, 0.717) is 5.57 Å². The van der Waals surface area contributed by atoms with Gasteiger partial charge in [-0.3, -0.25) is 8.98 Å². The first kappa shape index (κ1) is 27.0. The maximum absolute atomic E-state index is 12.9. The first-order chi connectivity index (χ1) is 14.5. The third-order valence-corrected chi connectivity index (χ3v) is 11.2. The van der Waals surface area contributed by atoms with Crippen LogP contribution in [0, 0.1) is 0 Å². The molecular formula is C21H36O9SSi. The molecule has 2 rings (SSSR count). The summed E-state index contributed by atoms with van der Waals surface area (Å²) in [7, 11) is -6.15. The molecule has 0 spiro atoms. The van der Waals surface area contributed by atoms with Crippen molar-refractivity contribution in [1.29, 1.82) is 0 Å². The van der Waals surface area contributed by atoms with Crippen molar-refractivity contribution in [2.75, 3.05) is 19.5 Å². The van der Waals surface area contributed by atoms with Crippen molar-refractivity contribution in [3.05, 3.63) is 11.6 Å². The van der Waals surface area contributed by atoms with Crippen molar-refractivity contribution in [3.63, 3.8) is 0 Å². The van der Waals surface area contributed by atoms with Gasteiger partial charge in [0.05, 0.1) is 25.9 Å². The van der Waals surface area contributed by atoms with Crippen LogP contribution in [0.2, 0.25) is 18.1 Å². The average molecular weight is 493 g/mol. The van der Waals surface area contributed by atoms with Crippen LogP contribution in [0.5, 0.6) is 0 Å². The Bertz CT molecular complexity index is 859. The predicted molar refractivity (Wildman–Crippen MR) is 120 cm³/mol. The van der Waals surface area contributed by atoms with Gasteiger partial charge in [0.15, 0.2) is 13.9 Å². The largest absolute Gasteiger partial charge is 0.466 e. The van der Waals surface area contributed by atoms with E-state index >= 15 is 0 Å². The highest BCUT2D eigenvalue weighted by atomic mass is 32.2. The molecule has 1 unspecified atom stereocenters. The van der Waals surface area contributed by atoms with Crippen LogP contribution in [-0.4, -0.2) is 72.1 Å². The Balaban J connectivity index is 2.43. The molecule has 9 nitrogen and oxygen atoms in total. The minimum absolute atomic E-state index is 0.0658. The number of hydrogen-bond acceptors (Lipinski definition) is 9. The number of ether oxygens (including phenoxy) is 3. The van der Waals surface area contributed by atoms with Gasteiger partial charge in [0.1, 0.15) is 18.3 Å². The maximum atomic E-state index is 12.9. The minimum atomic E-state index is -3.77. The van der Waals surface area contributed by atoms with E-state index < -0.39 is 54.3 Å². The highest BCUT2D eigenvalue weighted by molar-refractivity contribution is 7.86. The summed E-state index contributed by atoms with van der Waals surface area (Å²) < 4.78 is 52.1. The van der Waals surface area contributed by atoms with Gasteiger partial charge in [-0.2, -0.15) is 8.42 Å². The van der Waals surface area contributed by atoms with Gasteiger partial charge in [-0.25, -0.2) is 4.79 Å². The molecule has 0 bridgehead atoms. The molecule has 32 heavy (non-hydrogen) atoms. The molecule has 1 aliphatic heterocycles.